The second kappa shape index (κ2) is 10.2. The van der Waals surface area contributed by atoms with Gasteiger partial charge < -0.3 is 25.0 Å². The van der Waals surface area contributed by atoms with Crippen molar-refractivity contribution in [3.63, 3.8) is 0 Å². The summed E-state index contributed by atoms with van der Waals surface area (Å²) < 4.78 is 11.5. The van der Waals surface area contributed by atoms with Crippen molar-refractivity contribution in [3.05, 3.63) is 59.1 Å². The van der Waals surface area contributed by atoms with Crippen LogP contribution in [0, 0.1) is 5.92 Å². The Morgan fingerprint density at radius 1 is 1.23 bits per heavy atom. The Balaban J connectivity index is 1.32. The van der Waals surface area contributed by atoms with E-state index in [-0.39, 0.29) is 6.10 Å². The number of hydrogen-bond acceptors (Lipinski definition) is 4. The number of rotatable bonds is 6. The van der Waals surface area contributed by atoms with Gasteiger partial charge in [-0.15, -0.1) is 0 Å². The third-order valence-electron chi connectivity index (χ3n) is 6.11. The molecule has 0 bridgehead atoms. The van der Waals surface area contributed by atoms with Gasteiger partial charge in [0, 0.05) is 50.3 Å². The predicted octanol–water partition coefficient (Wildman–Crippen LogP) is 3.87. The zero-order chi connectivity index (χ0) is 21.6. The van der Waals surface area contributed by atoms with Crippen LogP contribution in [-0.2, 0) is 4.74 Å². The number of nitrogens with zero attached hydrogens (tertiary/aromatic N) is 2. The Hall–Kier alpha value is -2.44. The summed E-state index contributed by atoms with van der Waals surface area (Å²) >= 11 is 6.22. The summed E-state index contributed by atoms with van der Waals surface area (Å²) in [4.78, 5) is 6.76. The van der Waals surface area contributed by atoms with Gasteiger partial charge in [-0.3, -0.25) is 4.99 Å². The zero-order valence-corrected chi connectivity index (χ0v) is 18.9. The fourth-order valence-electron chi connectivity index (χ4n) is 4.48. The van der Waals surface area contributed by atoms with Gasteiger partial charge in [0.1, 0.15) is 5.75 Å². The molecule has 31 heavy (non-hydrogen) atoms. The van der Waals surface area contributed by atoms with E-state index in [0.29, 0.717) is 12.0 Å². The molecule has 0 aliphatic carbocycles. The summed E-state index contributed by atoms with van der Waals surface area (Å²) in [6.07, 6.45) is 2.22. The van der Waals surface area contributed by atoms with E-state index >= 15 is 0 Å². The van der Waals surface area contributed by atoms with Crippen LogP contribution in [0.4, 0.5) is 5.69 Å². The zero-order valence-electron chi connectivity index (χ0n) is 18.2. The van der Waals surface area contributed by atoms with Crippen molar-refractivity contribution in [1.82, 2.24) is 10.6 Å². The predicted molar refractivity (Wildman–Crippen MR) is 126 cm³/mol. The first-order chi connectivity index (χ1) is 15.2. The van der Waals surface area contributed by atoms with E-state index in [0.717, 1.165) is 61.5 Å². The molecule has 2 aromatic carbocycles. The third kappa shape index (κ3) is 5.25. The molecule has 2 aliphatic rings. The molecule has 0 saturated carbocycles. The van der Waals surface area contributed by atoms with E-state index in [4.69, 9.17) is 21.1 Å². The monoisotopic (exact) mass is 442 g/mol. The van der Waals surface area contributed by atoms with Crippen LogP contribution in [0.15, 0.2) is 53.5 Å². The molecule has 0 spiro atoms. The molecule has 0 aromatic heterocycles. The molecule has 4 rings (SSSR count). The number of benzene rings is 2. The van der Waals surface area contributed by atoms with E-state index in [2.05, 4.69) is 44.8 Å². The summed E-state index contributed by atoms with van der Waals surface area (Å²) in [5.74, 6) is 2.11. The van der Waals surface area contributed by atoms with Gasteiger partial charge >= 0.3 is 0 Å². The lowest BCUT2D eigenvalue weighted by atomic mass is 9.95. The molecule has 166 valence electrons. The molecule has 0 radical (unpaired) electrons. The Morgan fingerprint density at radius 3 is 2.84 bits per heavy atom. The van der Waals surface area contributed by atoms with E-state index in [1.165, 1.54) is 5.56 Å². The Bertz CT molecular complexity index is 892. The topological polar surface area (TPSA) is 58.1 Å². The van der Waals surface area contributed by atoms with E-state index in [9.17, 15) is 0 Å². The van der Waals surface area contributed by atoms with Gasteiger partial charge in [0.25, 0.3) is 0 Å². The average molecular weight is 443 g/mol. The maximum atomic E-state index is 6.22. The highest BCUT2D eigenvalue weighted by atomic mass is 35.5. The minimum atomic E-state index is 0.143. The quantitative estimate of drug-likeness (QED) is 0.525. The second-order valence-corrected chi connectivity index (χ2v) is 8.53. The van der Waals surface area contributed by atoms with Gasteiger partial charge in [-0.1, -0.05) is 41.9 Å². The van der Waals surface area contributed by atoms with Crippen LogP contribution in [0.1, 0.15) is 24.5 Å². The lowest BCUT2D eigenvalue weighted by Gasteiger charge is -2.24. The first-order valence-electron chi connectivity index (χ1n) is 10.9. The van der Waals surface area contributed by atoms with Crippen molar-refractivity contribution < 1.29 is 9.47 Å². The number of methoxy groups -OCH3 is 1. The molecule has 2 aliphatic heterocycles. The lowest BCUT2D eigenvalue weighted by Crippen LogP contribution is -2.46. The van der Waals surface area contributed by atoms with Gasteiger partial charge in [0.15, 0.2) is 5.96 Å². The van der Waals surface area contributed by atoms with E-state index < -0.39 is 0 Å². The van der Waals surface area contributed by atoms with Crippen LogP contribution in [0.3, 0.4) is 0 Å². The smallest absolute Gasteiger partial charge is 0.191 e. The highest BCUT2D eigenvalue weighted by Gasteiger charge is 2.30. The van der Waals surface area contributed by atoms with Gasteiger partial charge in [-0.25, -0.2) is 0 Å². The number of anilines is 1. The minimum absolute atomic E-state index is 0.143. The number of ether oxygens (including phenoxy) is 2. The summed E-state index contributed by atoms with van der Waals surface area (Å²) in [6, 6.07) is 16.5. The molecular weight excluding hydrogens is 412 g/mol. The van der Waals surface area contributed by atoms with Crippen molar-refractivity contribution in [2.45, 2.75) is 25.0 Å². The van der Waals surface area contributed by atoms with Crippen LogP contribution in [-0.4, -0.2) is 52.4 Å². The van der Waals surface area contributed by atoms with Crippen molar-refractivity contribution in [1.29, 1.82) is 0 Å². The fraction of sp³-hybridized carbons (Fsp3) is 0.458. The largest absolute Gasteiger partial charge is 0.495 e. The Morgan fingerprint density at radius 2 is 2.06 bits per heavy atom. The maximum Gasteiger partial charge on any atom is 0.191 e. The maximum absolute atomic E-state index is 6.22. The number of aliphatic imine (C=N–C) groups is 1. The molecule has 7 heteroatoms. The number of hydrogen-bond donors (Lipinski definition) is 2. The molecule has 2 aromatic rings. The standard InChI is InChI=1S/C24H31ClN4O2/c1-26-24(27-15-18-11-13-31-23(18)17-6-4-3-5-7-17)28-20-10-12-29(16-20)21-14-19(25)8-9-22(21)30-2/h3-9,14,18,20,23H,10-13,15-16H2,1-2H3,(H2,26,27,28). The molecule has 2 fully saturated rings. The summed E-state index contributed by atoms with van der Waals surface area (Å²) in [5, 5.41) is 7.82. The van der Waals surface area contributed by atoms with Crippen LogP contribution >= 0.6 is 11.6 Å². The molecule has 0 amide bonds. The average Bonchev–Trinajstić information content (AvgIpc) is 3.46. The number of guanidine groups is 1. The number of halogens is 1. The molecule has 2 saturated heterocycles. The van der Waals surface area contributed by atoms with Crippen molar-refractivity contribution in [2.24, 2.45) is 10.9 Å². The first-order valence-corrected chi connectivity index (χ1v) is 11.3. The fourth-order valence-corrected chi connectivity index (χ4v) is 4.64. The van der Waals surface area contributed by atoms with Crippen LogP contribution in [0.2, 0.25) is 5.02 Å². The lowest BCUT2D eigenvalue weighted by molar-refractivity contribution is 0.0915. The van der Waals surface area contributed by atoms with Gasteiger partial charge in [0.05, 0.1) is 18.9 Å². The highest BCUT2D eigenvalue weighted by Crippen LogP contribution is 2.34. The van der Waals surface area contributed by atoms with E-state index in [1.807, 2.05) is 31.3 Å². The van der Waals surface area contributed by atoms with Crippen molar-refractivity contribution in [3.8, 4) is 5.75 Å². The SMILES string of the molecule is CN=C(NCC1CCOC1c1ccccc1)NC1CCN(c2cc(Cl)ccc2OC)C1. The van der Waals surface area contributed by atoms with Gasteiger partial charge in [0.2, 0.25) is 0 Å². The van der Waals surface area contributed by atoms with Crippen LogP contribution < -0.4 is 20.3 Å². The molecular formula is C24H31ClN4O2. The molecule has 2 N–H and O–H groups in total. The van der Waals surface area contributed by atoms with Crippen molar-refractivity contribution in [2.75, 3.05) is 45.3 Å². The molecule has 6 nitrogen and oxygen atoms in total. The molecule has 3 atom stereocenters. The normalized spacial score (nSPS) is 23.8. The molecule has 2 heterocycles. The summed E-state index contributed by atoms with van der Waals surface area (Å²) in [7, 11) is 3.52. The minimum Gasteiger partial charge on any atom is -0.495 e. The number of nitrogens with one attached hydrogen (secondary N) is 2. The third-order valence-corrected chi connectivity index (χ3v) is 6.34. The van der Waals surface area contributed by atoms with Gasteiger partial charge in [-0.05, 0) is 36.6 Å². The summed E-state index contributed by atoms with van der Waals surface area (Å²) in [6.45, 7) is 3.45. The van der Waals surface area contributed by atoms with Crippen LogP contribution in [0.5, 0.6) is 5.75 Å². The Labute approximate surface area is 189 Å². The molecule has 3 unspecified atom stereocenters. The van der Waals surface area contributed by atoms with Gasteiger partial charge in [-0.2, -0.15) is 0 Å². The van der Waals surface area contributed by atoms with Crippen molar-refractivity contribution >= 4 is 23.2 Å². The van der Waals surface area contributed by atoms with Crippen LogP contribution in [0.25, 0.3) is 0 Å². The highest BCUT2D eigenvalue weighted by molar-refractivity contribution is 6.30. The van der Waals surface area contributed by atoms with E-state index in [1.54, 1.807) is 7.11 Å². The summed E-state index contributed by atoms with van der Waals surface area (Å²) in [5.41, 5.74) is 2.28. The Kier molecular flexibility index (Phi) is 7.20. The second-order valence-electron chi connectivity index (χ2n) is 8.10. The first kappa shape index (κ1) is 21.8.